The Hall–Kier alpha value is -1.31. The van der Waals surface area contributed by atoms with E-state index >= 15 is 0 Å². The van der Waals surface area contributed by atoms with Gasteiger partial charge in [-0.25, -0.2) is 4.79 Å². The Morgan fingerprint density at radius 1 is 1.30 bits per heavy atom. The molecule has 0 aliphatic heterocycles. The molecule has 2 N–H and O–H groups in total. The van der Waals surface area contributed by atoms with Crippen molar-refractivity contribution in [3.63, 3.8) is 0 Å². The van der Waals surface area contributed by atoms with Crippen molar-refractivity contribution in [2.75, 3.05) is 34.5 Å². The van der Waals surface area contributed by atoms with Crippen LogP contribution in [0, 0.1) is 0 Å². The smallest absolute Gasteiger partial charge is 0.331 e. The van der Waals surface area contributed by atoms with Crippen LogP contribution in [-0.4, -0.2) is 40.5 Å². The second-order valence-electron chi connectivity index (χ2n) is 3.90. The third kappa shape index (κ3) is 4.09. The van der Waals surface area contributed by atoms with Crippen molar-refractivity contribution in [2.45, 2.75) is 6.04 Å². The van der Waals surface area contributed by atoms with Crippen LogP contribution in [0.1, 0.15) is 11.6 Å². The maximum absolute atomic E-state index is 11.0. The predicted molar refractivity (Wildman–Crippen MR) is 77.0 cm³/mol. The SMILES string of the molecule is COC(=O)COCC(N)c1ccc(OC)c(Br)c1OC. The highest BCUT2D eigenvalue weighted by Crippen LogP contribution is 2.39. The molecule has 0 radical (unpaired) electrons. The zero-order chi connectivity index (χ0) is 15.1. The van der Waals surface area contributed by atoms with Gasteiger partial charge < -0.3 is 24.7 Å². The summed E-state index contributed by atoms with van der Waals surface area (Å²) in [5.41, 5.74) is 6.80. The van der Waals surface area contributed by atoms with E-state index in [2.05, 4.69) is 20.7 Å². The molecule has 1 rings (SSSR count). The highest BCUT2D eigenvalue weighted by Gasteiger charge is 2.18. The molecule has 0 bridgehead atoms. The normalized spacial score (nSPS) is 11.8. The number of hydrogen-bond donors (Lipinski definition) is 1. The van der Waals surface area contributed by atoms with Gasteiger partial charge in [-0.2, -0.15) is 0 Å². The fraction of sp³-hybridized carbons (Fsp3) is 0.462. The number of rotatable bonds is 7. The summed E-state index contributed by atoms with van der Waals surface area (Å²) < 4.78 is 20.9. The van der Waals surface area contributed by atoms with Gasteiger partial charge in [0.1, 0.15) is 22.6 Å². The minimum Gasteiger partial charge on any atom is -0.495 e. The van der Waals surface area contributed by atoms with Crippen LogP contribution in [0.5, 0.6) is 11.5 Å². The molecule has 0 aliphatic carbocycles. The molecule has 0 spiro atoms. The van der Waals surface area contributed by atoms with Gasteiger partial charge in [-0.15, -0.1) is 0 Å². The molecule has 0 fully saturated rings. The summed E-state index contributed by atoms with van der Waals surface area (Å²) in [7, 11) is 4.42. The molecule has 0 aliphatic rings. The molecule has 112 valence electrons. The number of carbonyl (C=O) groups excluding carboxylic acids is 1. The second-order valence-corrected chi connectivity index (χ2v) is 4.70. The number of esters is 1. The van der Waals surface area contributed by atoms with Gasteiger partial charge in [0, 0.05) is 5.56 Å². The molecule has 0 heterocycles. The molecular weight excluding hydrogens is 330 g/mol. The molecule has 6 nitrogen and oxygen atoms in total. The lowest BCUT2D eigenvalue weighted by Gasteiger charge is -2.18. The van der Waals surface area contributed by atoms with Crippen LogP contribution in [0.25, 0.3) is 0 Å². The molecular formula is C13H18BrNO5. The highest BCUT2D eigenvalue weighted by atomic mass is 79.9. The van der Waals surface area contributed by atoms with Gasteiger partial charge >= 0.3 is 5.97 Å². The lowest BCUT2D eigenvalue weighted by molar-refractivity contribution is -0.146. The number of nitrogens with two attached hydrogens (primary N) is 1. The van der Waals surface area contributed by atoms with Crippen LogP contribution in [0.2, 0.25) is 0 Å². The first-order valence-electron chi connectivity index (χ1n) is 5.85. The highest BCUT2D eigenvalue weighted by molar-refractivity contribution is 9.10. The van der Waals surface area contributed by atoms with E-state index < -0.39 is 12.0 Å². The Bertz CT molecular complexity index is 466. The first-order valence-corrected chi connectivity index (χ1v) is 6.65. The summed E-state index contributed by atoms with van der Waals surface area (Å²) in [6, 6.07) is 3.15. The molecule has 0 aromatic heterocycles. The van der Waals surface area contributed by atoms with Crippen molar-refractivity contribution in [3.05, 3.63) is 22.2 Å². The van der Waals surface area contributed by atoms with E-state index in [0.29, 0.717) is 16.0 Å². The van der Waals surface area contributed by atoms with Crippen LogP contribution in [0.3, 0.4) is 0 Å². The fourth-order valence-electron chi connectivity index (χ4n) is 1.63. The van der Waals surface area contributed by atoms with E-state index in [0.717, 1.165) is 5.56 Å². The minimum atomic E-state index is -0.444. The van der Waals surface area contributed by atoms with E-state index in [9.17, 15) is 4.79 Å². The molecule has 0 saturated carbocycles. The summed E-state index contributed by atoms with van der Waals surface area (Å²) in [6.45, 7) is 0.0358. The lowest BCUT2D eigenvalue weighted by Crippen LogP contribution is -2.21. The zero-order valence-corrected chi connectivity index (χ0v) is 13.2. The van der Waals surface area contributed by atoms with Crippen LogP contribution < -0.4 is 15.2 Å². The first-order chi connectivity index (χ1) is 9.54. The lowest BCUT2D eigenvalue weighted by atomic mass is 10.1. The van der Waals surface area contributed by atoms with Gasteiger partial charge in [0.15, 0.2) is 0 Å². The Kier molecular flexibility index (Phi) is 6.77. The third-order valence-electron chi connectivity index (χ3n) is 2.66. The number of hydrogen-bond acceptors (Lipinski definition) is 6. The molecule has 1 aromatic rings. The number of carbonyl (C=O) groups is 1. The molecule has 0 saturated heterocycles. The zero-order valence-electron chi connectivity index (χ0n) is 11.6. The van der Waals surface area contributed by atoms with E-state index in [1.165, 1.54) is 7.11 Å². The fourth-order valence-corrected chi connectivity index (χ4v) is 2.31. The number of halogens is 1. The van der Waals surface area contributed by atoms with E-state index in [1.807, 2.05) is 0 Å². The van der Waals surface area contributed by atoms with Crippen LogP contribution in [-0.2, 0) is 14.3 Å². The second kappa shape index (κ2) is 8.08. The van der Waals surface area contributed by atoms with E-state index in [-0.39, 0.29) is 13.2 Å². The Labute approximate surface area is 126 Å². The van der Waals surface area contributed by atoms with Gasteiger partial charge in [0.25, 0.3) is 0 Å². The average molecular weight is 348 g/mol. The van der Waals surface area contributed by atoms with Crippen molar-refractivity contribution in [3.8, 4) is 11.5 Å². The molecule has 20 heavy (non-hydrogen) atoms. The van der Waals surface area contributed by atoms with Crippen LogP contribution >= 0.6 is 15.9 Å². The molecule has 0 amide bonds. The molecule has 7 heteroatoms. The Morgan fingerprint density at radius 2 is 2.00 bits per heavy atom. The number of methoxy groups -OCH3 is 3. The first kappa shape index (κ1) is 16.7. The number of benzene rings is 1. The maximum Gasteiger partial charge on any atom is 0.331 e. The Morgan fingerprint density at radius 3 is 2.55 bits per heavy atom. The summed E-state index contributed by atoms with van der Waals surface area (Å²) in [6.07, 6.45) is 0. The summed E-state index contributed by atoms with van der Waals surface area (Å²) >= 11 is 3.40. The van der Waals surface area contributed by atoms with Crippen molar-refractivity contribution in [2.24, 2.45) is 5.73 Å². The predicted octanol–water partition coefficient (Wildman–Crippen LogP) is 1.66. The topological polar surface area (TPSA) is 80.0 Å². The molecule has 1 atom stereocenters. The van der Waals surface area contributed by atoms with E-state index in [4.69, 9.17) is 19.9 Å². The van der Waals surface area contributed by atoms with E-state index in [1.54, 1.807) is 26.4 Å². The average Bonchev–Trinajstić information content (AvgIpc) is 2.46. The van der Waals surface area contributed by atoms with Crippen LogP contribution in [0.15, 0.2) is 16.6 Å². The van der Waals surface area contributed by atoms with Crippen molar-refractivity contribution in [1.82, 2.24) is 0 Å². The molecule has 1 unspecified atom stereocenters. The van der Waals surface area contributed by atoms with Gasteiger partial charge in [-0.05, 0) is 28.1 Å². The van der Waals surface area contributed by atoms with Crippen molar-refractivity contribution < 1.29 is 23.7 Å². The summed E-state index contributed by atoms with van der Waals surface area (Å²) in [5.74, 6) is 0.784. The monoisotopic (exact) mass is 347 g/mol. The molecule has 1 aromatic carbocycles. The van der Waals surface area contributed by atoms with Gasteiger partial charge in [-0.3, -0.25) is 0 Å². The largest absolute Gasteiger partial charge is 0.495 e. The van der Waals surface area contributed by atoms with Crippen molar-refractivity contribution in [1.29, 1.82) is 0 Å². The summed E-state index contributed by atoms with van der Waals surface area (Å²) in [4.78, 5) is 11.0. The Balaban J connectivity index is 2.79. The maximum atomic E-state index is 11.0. The third-order valence-corrected chi connectivity index (χ3v) is 3.41. The standard InChI is InChI=1S/C13H18BrNO5/c1-17-10-5-4-8(13(19-3)12(10)14)9(15)6-20-7-11(16)18-2/h4-5,9H,6-7,15H2,1-3H3. The minimum absolute atomic E-state index is 0.135. The van der Waals surface area contributed by atoms with Gasteiger partial charge in [0.2, 0.25) is 0 Å². The quantitative estimate of drug-likeness (QED) is 0.755. The van der Waals surface area contributed by atoms with Crippen LogP contribution in [0.4, 0.5) is 0 Å². The summed E-state index contributed by atoms with van der Waals surface area (Å²) in [5, 5.41) is 0. The van der Waals surface area contributed by atoms with Crippen molar-refractivity contribution >= 4 is 21.9 Å². The van der Waals surface area contributed by atoms with Gasteiger partial charge in [0.05, 0.1) is 34.0 Å². The number of ether oxygens (including phenoxy) is 4. The van der Waals surface area contributed by atoms with Gasteiger partial charge in [-0.1, -0.05) is 0 Å².